The van der Waals surface area contributed by atoms with Crippen molar-refractivity contribution in [3.8, 4) is 0 Å². The number of hydrogen-bond donors (Lipinski definition) is 1. The SMILES string of the molecule is O=S(=O)(Cc1nccn1CC(F)(F)F)c1ncc[nH]1. The summed E-state index contributed by atoms with van der Waals surface area (Å²) in [6, 6.07) is 0. The predicted octanol–water partition coefficient (Wildman–Crippen LogP) is 1.14. The highest BCUT2D eigenvalue weighted by molar-refractivity contribution is 7.90. The van der Waals surface area contributed by atoms with E-state index in [1.165, 1.54) is 12.4 Å². The second-order valence-corrected chi connectivity index (χ2v) is 5.64. The van der Waals surface area contributed by atoms with E-state index in [0.29, 0.717) is 0 Å². The maximum atomic E-state index is 12.3. The number of sulfone groups is 1. The summed E-state index contributed by atoms with van der Waals surface area (Å²) >= 11 is 0. The lowest BCUT2D eigenvalue weighted by Gasteiger charge is -2.10. The summed E-state index contributed by atoms with van der Waals surface area (Å²) < 4.78 is 61.3. The van der Waals surface area contributed by atoms with Crippen LogP contribution >= 0.6 is 0 Å². The molecular weight excluding hydrogens is 285 g/mol. The van der Waals surface area contributed by atoms with Crippen molar-refractivity contribution in [2.24, 2.45) is 0 Å². The lowest BCUT2D eigenvalue weighted by atomic mass is 10.5. The summed E-state index contributed by atoms with van der Waals surface area (Å²) in [5, 5.41) is -0.297. The first-order chi connectivity index (χ1) is 8.78. The van der Waals surface area contributed by atoms with Crippen LogP contribution in [0.5, 0.6) is 0 Å². The molecule has 104 valence electrons. The zero-order valence-corrected chi connectivity index (χ0v) is 10.2. The van der Waals surface area contributed by atoms with Crippen molar-refractivity contribution < 1.29 is 21.6 Å². The van der Waals surface area contributed by atoms with Gasteiger partial charge >= 0.3 is 6.18 Å². The first kappa shape index (κ1) is 13.6. The van der Waals surface area contributed by atoms with Crippen molar-refractivity contribution in [3.05, 3.63) is 30.6 Å². The van der Waals surface area contributed by atoms with E-state index in [1.807, 2.05) is 0 Å². The van der Waals surface area contributed by atoms with E-state index < -0.39 is 28.3 Å². The summed E-state index contributed by atoms with van der Waals surface area (Å²) in [7, 11) is -3.84. The van der Waals surface area contributed by atoms with Crippen LogP contribution in [0, 0.1) is 0 Å². The highest BCUT2D eigenvalue weighted by Gasteiger charge is 2.30. The third-order valence-electron chi connectivity index (χ3n) is 2.24. The Kier molecular flexibility index (Phi) is 3.35. The van der Waals surface area contributed by atoms with Crippen molar-refractivity contribution in [2.75, 3.05) is 0 Å². The number of imidazole rings is 2. The average molecular weight is 294 g/mol. The maximum Gasteiger partial charge on any atom is 0.406 e. The van der Waals surface area contributed by atoms with E-state index in [2.05, 4.69) is 15.0 Å². The average Bonchev–Trinajstić information content (AvgIpc) is 2.87. The fourth-order valence-corrected chi connectivity index (χ4v) is 2.66. The van der Waals surface area contributed by atoms with Crippen molar-refractivity contribution >= 4 is 9.84 Å². The maximum absolute atomic E-state index is 12.3. The molecule has 0 saturated heterocycles. The molecule has 0 saturated carbocycles. The third kappa shape index (κ3) is 3.34. The molecule has 0 atom stereocenters. The van der Waals surface area contributed by atoms with Gasteiger partial charge in [-0.1, -0.05) is 0 Å². The van der Waals surface area contributed by atoms with E-state index in [0.717, 1.165) is 17.0 Å². The van der Waals surface area contributed by atoms with Crippen molar-refractivity contribution in [1.29, 1.82) is 0 Å². The fraction of sp³-hybridized carbons (Fsp3) is 0.333. The zero-order chi connectivity index (χ0) is 14.1. The van der Waals surface area contributed by atoms with Gasteiger partial charge in [-0.25, -0.2) is 18.4 Å². The zero-order valence-electron chi connectivity index (χ0n) is 9.42. The molecule has 0 aliphatic carbocycles. The fourth-order valence-electron chi connectivity index (χ4n) is 1.48. The molecule has 0 amide bonds. The second-order valence-electron chi connectivity index (χ2n) is 3.74. The first-order valence-electron chi connectivity index (χ1n) is 5.07. The molecule has 2 heterocycles. The number of hydrogen-bond acceptors (Lipinski definition) is 4. The van der Waals surface area contributed by atoms with Gasteiger partial charge in [0.25, 0.3) is 0 Å². The molecule has 2 aromatic heterocycles. The Hall–Kier alpha value is -1.84. The Bertz CT molecular complexity index is 645. The first-order valence-corrected chi connectivity index (χ1v) is 6.72. The summed E-state index contributed by atoms with van der Waals surface area (Å²) in [5.74, 6) is -0.836. The number of alkyl halides is 3. The van der Waals surface area contributed by atoms with Crippen molar-refractivity contribution in [3.63, 3.8) is 0 Å². The number of nitrogens with one attached hydrogen (secondary N) is 1. The predicted molar refractivity (Wildman–Crippen MR) is 57.8 cm³/mol. The monoisotopic (exact) mass is 294 g/mol. The Morgan fingerprint density at radius 3 is 2.58 bits per heavy atom. The molecule has 0 fully saturated rings. The van der Waals surface area contributed by atoms with E-state index in [1.54, 1.807) is 0 Å². The third-order valence-corrected chi connectivity index (χ3v) is 3.69. The van der Waals surface area contributed by atoms with Crippen LogP contribution < -0.4 is 0 Å². The van der Waals surface area contributed by atoms with Crippen LogP contribution in [0.1, 0.15) is 5.82 Å². The van der Waals surface area contributed by atoms with Gasteiger partial charge in [0, 0.05) is 24.8 Å². The quantitative estimate of drug-likeness (QED) is 0.917. The molecule has 6 nitrogen and oxygen atoms in total. The molecular formula is C9H9F3N4O2S. The molecule has 0 aliphatic rings. The van der Waals surface area contributed by atoms with Crippen LogP contribution in [-0.2, 0) is 22.1 Å². The van der Waals surface area contributed by atoms with Gasteiger partial charge in [-0.05, 0) is 0 Å². The minimum Gasteiger partial charge on any atom is -0.336 e. The number of H-pyrrole nitrogens is 1. The number of aromatic amines is 1. The standard InChI is InChI=1S/C9H9F3N4O2S/c10-9(11,12)6-16-4-3-13-7(16)5-19(17,18)8-14-1-2-15-8/h1-4H,5-6H2,(H,14,15). The van der Waals surface area contributed by atoms with Crippen LogP contribution in [-0.4, -0.2) is 34.1 Å². The second kappa shape index (κ2) is 4.68. The summed E-state index contributed by atoms with van der Waals surface area (Å²) in [6.45, 7) is -1.28. The number of nitrogens with zero attached hydrogens (tertiary/aromatic N) is 3. The van der Waals surface area contributed by atoms with E-state index in [-0.39, 0.29) is 11.0 Å². The van der Waals surface area contributed by atoms with Gasteiger partial charge in [0.05, 0.1) is 0 Å². The van der Waals surface area contributed by atoms with Crippen LogP contribution in [0.25, 0.3) is 0 Å². The van der Waals surface area contributed by atoms with Gasteiger partial charge in [-0.3, -0.25) is 0 Å². The Morgan fingerprint density at radius 2 is 2.00 bits per heavy atom. The van der Waals surface area contributed by atoms with Gasteiger partial charge < -0.3 is 9.55 Å². The molecule has 0 aliphatic heterocycles. The molecule has 0 bridgehead atoms. The van der Waals surface area contributed by atoms with Gasteiger partial charge in [0.1, 0.15) is 18.1 Å². The largest absolute Gasteiger partial charge is 0.406 e. The van der Waals surface area contributed by atoms with Crippen LogP contribution in [0.2, 0.25) is 0 Å². The van der Waals surface area contributed by atoms with Crippen LogP contribution in [0.3, 0.4) is 0 Å². The molecule has 0 unspecified atom stereocenters. The Morgan fingerprint density at radius 1 is 1.26 bits per heavy atom. The number of halogens is 3. The lowest BCUT2D eigenvalue weighted by molar-refractivity contribution is -0.141. The number of rotatable bonds is 4. The molecule has 19 heavy (non-hydrogen) atoms. The topological polar surface area (TPSA) is 80.6 Å². The molecule has 0 spiro atoms. The Labute approximate surface area is 106 Å². The molecule has 2 aromatic rings. The molecule has 0 aromatic carbocycles. The van der Waals surface area contributed by atoms with E-state index in [9.17, 15) is 21.6 Å². The van der Waals surface area contributed by atoms with Crippen molar-refractivity contribution in [1.82, 2.24) is 19.5 Å². The molecule has 10 heteroatoms. The van der Waals surface area contributed by atoms with Crippen molar-refractivity contribution in [2.45, 2.75) is 23.6 Å². The summed E-state index contributed by atoms with van der Waals surface area (Å²) in [4.78, 5) is 9.61. The van der Waals surface area contributed by atoms with E-state index in [4.69, 9.17) is 0 Å². The Balaban J connectivity index is 2.23. The normalized spacial score (nSPS) is 12.8. The van der Waals surface area contributed by atoms with E-state index >= 15 is 0 Å². The minimum absolute atomic E-state index is 0.186. The van der Waals surface area contributed by atoms with Gasteiger partial charge in [0.15, 0.2) is 0 Å². The molecule has 0 radical (unpaired) electrons. The molecule has 2 rings (SSSR count). The highest BCUT2D eigenvalue weighted by Crippen LogP contribution is 2.19. The van der Waals surface area contributed by atoms with Crippen LogP contribution in [0.4, 0.5) is 13.2 Å². The smallest absolute Gasteiger partial charge is 0.336 e. The highest BCUT2D eigenvalue weighted by atomic mass is 32.2. The summed E-state index contributed by atoms with van der Waals surface area (Å²) in [5.41, 5.74) is 0. The molecule has 1 N–H and O–H groups in total. The van der Waals surface area contributed by atoms with Gasteiger partial charge in [0.2, 0.25) is 15.0 Å². The lowest BCUT2D eigenvalue weighted by Crippen LogP contribution is -2.20. The van der Waals surface area contributed by atoms with Gasteiger partial charge in [-0.2, -0.15) is 13.2 Å². The van der Waals surface area contributed by atoms with Crippen LogP contribution in [0.15, 0.2) is 29.9 Å². The van der Waals surface area contributed by atoms with Gasteiger partial charge in [-0.15, -0.1) is 0 Å². The number of aromatic nitrogens is 4. The summed E-state index contributed by atoms with van der Waals surface area (Å²) in [6.07, 6.45) is 0.327. The minimum atomic E-state index is -4.44.